The highest BCUT2D eigenvalue weighted by molar-refractivity contribution is 7.92. The monoisotopic (exact) mass is 385 g/mol. The van der Waals surface area contributed by atoms with Gasteiger partial charge in [-0.15, -0.1) is 0 Å². The summed E-state index contributed by atoms with van der Waals surface area (Å²) in [7, 11) is -2.39. The van der Waals surface area contributed by atoms with E-state index in [1.807, 2.05) is 6.92 Å². The smallest absolute Gasteiger partial charge is 0.264 e. The van der Waals surface area contributed by atoms with Crippen molar-refractivity contribution in [3.8, 4) is 5.75 Å². The summed E-state index contributed by atoms with van der Waals surface area (Å²) in [5.41, 5.74) is 1.64. The summed E-state index contributed by atoms with van der Waals surface area (Å²) in [6.07, 6.45) is 0. The molecule has 0 saturated heterocycles. The molecule has 4 nitrogen and oxygen atoms in total. The van der Waals surface area contributed by atoms with E-state index in [2.05, 4.69) is 0 Å². The number of halogens is 1. The number of methoxy groups -OCH3 is 1. The first-order valence-corrected chi connectivity index (χ1v) is 9.82. The zero-order valence-electron chi connectivity index (χ0n) is 15.1. The van der Waals surface area contributed by atoms with Gasteiger partial charge in [-0.3, -0.25) is 4.31 Å². The Morgan fingerprint density at radius 3 is 2.33 bits per heavy atom. The molecule has 0 N–H and O–H groups in total. The van der Waals surface area contributed by atoms with Crippen molar-refractivity contribution in [2.24, 2.45) is 0 Å². The maximum absolute atomic E-state index is 14.2. The van der Waals surface area contributed by atoms with Gasteiger partial charge in [-0.25, -0.2) is 12.8 Å². The van der Waals surface area contributed by atoms with Gasteiger partial charge in [0.15, 0.2) is 0 Å². The Morgan fingerprint density at radius 1 is 0.963 bits per heavy atom. The Hall–Kier alpha value is -2.86. The fourth-order valence-corrected chi connectivity index (χ4v) is 4.13. The van der Waals surface area contributed by atoms with Crippen LogP contribution in [-0.2, 0) is 16.6 Å². The van der Waals surface area contributed by atoms with Crippen LogP contribution in [0.15, 0.2) is 77.7 Å². The van der Waals surface area contributed by atoms with Crippen molar-refractivity contribution < 1.29 is 17.5 Å². The molecule has 3 aromatic rings. The normalized spacial score (nSPS) is 11.2. The Balaban J connectivity index is 2.11. The van der Waals surface area contributed by atoms with Gasteiger partial charge < -0.3 is 4.74 Å². The lowest BCUT2D eigenvalue weighted by atomic mass is 10.2. The van der Waals surface area contributed by atoms with Crippen LogP contribution in [0.5, 0.6) is 5.75 Å². The Morgan fingerprint density at radius 2 is 1.67 bits per heavy atom. The third-order valence-electron chi connectivity index (χ3n) is 4.22. The number of aryl methyl sites for hydroxylation is 1. The molecule has 140 valence electrons. The molecule has 3 rings (SSSR count). The topological polar surface area (TPSA) is 46.6 Å². The van der Waals surface area contributed by atoms with E-state index in [0.717, 1.165) is 5.56 Å². The maximum Gasteiger partial charge on any atom is 0.264 e. The second-order valence-electron chi connectivity index (χ2n) is 6.12. The van der Waals surface area contributed by atoms with Gasteiger partial charge >= 0.3 is 0 Å². The van der Waals surface area contributed by atoms with Gasteiger partial charge in [0.25, 0.3) is 10.0 Å². The third-order valence-corrected chi connectivity index (χ3v) is 6.01. The molecule has 0 radical (unpaired) electrons. The molecule has 0 aliphatic rings. The van der Waals surface area contributed by atoms with Crippen molar-refractivity contribution in [2.75, 3.05) is 11.4 Å². The highest BCUT2D eigenvalue weighted by Gasteiger charge is 2.26. The SMILES string of the molecule is COc1cccc(N(Cc2ccccc2F)S(=O)(=O)c2ccc(C)cc2)c1. The second kappa shape index (κ2) is 7.80. The fraction of sp³-hybridized carbons (Fsp3) is 0.143. The molecule has 0 spiro atoms. The van der Waals surface area contributed by atoms with E-state index < -0.39 is 15.8 Å². The van der Waals surface area contributed by atoms with E-state index in [1.54, 1.807) is 66.7 Å². The lowest BCUT2D eigenvalue weighted by molar-refractivity contribution is 0.415. The summed E-state index contributed by atoms with van der Waals surface area (Å²) in [6.45, 7) is 1.76. The van der Waals surface area contributed by atoms with Crippen molar-refractivity contribution in [3.63, 3.8) is 0 Å². The van der Waals surface area contributed by atoms with Crippen LogP contribution in [0.2, 0.25) is 0 Å². The number of nitrogens with zero attached hydrogens (tertiary/aromatic N) is 1. The molecule has 0 aromatic heterocycles. The molecule has 6 heteroatoms. The molecule has 0 saturated carbocycles. The highest BCUT2D eigenvalue weighted by atomic mass is 32.2. The minimum absolute atomic E-state index is 0.129. The third kappa shape index (κ3) is 4.11. The molecule has 0 aliphatic carbocycles. The Bertz CT molecular complexity index is 1030. The average Bonchev–Trinajstić information content (AvgIpc) is 2.67. The summed E-state index contributed by atoms with van der Waals surface area (Å²) in [6, 6.07) is 19.4. The van der Waals surface area contributed by atoms with Crippen molar-refractivity contribution in [1.82, 2.24) is 0 Å². The van der Waals surface area contributed by atoms with Crippen LogP contribution >= 0.6 is 0 Å². The fourth-order valence-electron chi connectivity index (χ4n) is 2.70. The van der Waals surface area contributed by atoms with E-state index in [9.17, 15) is 12.8 Å². The minimum atomic E-state index is -3.90. The predicted octanol–water partition coefficient (Wildman–Crippen LogP) is 4.54. The Labute approximate surface area is 158 Å². The van der Waals surface area contributed by atoms with Gasteiger partial charge in [-0.2, -0.15) is 0 Å². The van der Waals surface area contributed by atoms with Crippen LogP contribution in [0.3, 0.4) is 0 Å². The highest BCUT2D eigenvalue weighted by Crippen LogP contribution is 2.29. The first kappa shape index (κ1) is 18.9. The zero-order valence-corrected chi connectivity index (χ0v) is 15.9. The van der Waals surface area contributed by atoms with Crippen LogP contribution < -0.4 is 9.04 Å². The molecule has 0 fully saturated rings. The molecule has 0 unspecified atom stereocenters. The number of anilines is 1. The number of hydrogen-bond donors (Lipinski definition) is 0. The number of benzene rings is 3. The summed E-state index contributed by atoms with van der Waals surface area (Å²) in [5.74, 6) is 0.0645. The quantitative estimate of drug-likeness (QED) is 0.626. The van der Waals surface area contributed by atoms with Gasteiger partial charge in [0.2, 0.25) is 0 Å². The zero-order chi connectivity index (χ0) is 19.4. The molecule has 0 aliphatic heterocycles. The summed E-state index contributed by atoms with van der Waals surface area (Å²) in [4.78, 5) is 0.146. The van der Waals surface area contributed by atoms with E-state index in [0.29, 0.717) is 11.4 Å². The minimum Gasteiger partial charge on any atom is -0.497 e. The van der Waals surface area contributed by atoms with Gasteiger partial charge in [0, 0.05) is 11.6 Å². The van der Waals surface area contributed by atoms with Crippen LogP contribution in [0.4, 0.5) is 10.1 Å². The van der Waals surface area contributed by atoms with Crippen molar-refractivity contribution in [2.45, 2.75) is 18.4 Å². The summed E-state index contributed by atoms with van der Waals surface area (Å²) >= 11 is 0. The predicted molar refractivity (Wildman–Crippen MR) is 104 cm³/mol. The molecule has 3 aromatic carbocycles. The van der Waals surface area contributed by atoms with Gasteiger partial charge in [-0.1, -0.05) is 42.0 Å². The lowest BCUT2D eigenvalue weighted by Gasteiger charge is -2.25. The number of hydrogen-bond acceptors (Lipinski definition) is 3. The average molecular weight is 385 g/mol. The van der Waals surface area contributed by atoms with Crippen LogP contribution in [0, 0.1) is 12.7 Å². The Kier molecular flexibility index (Phi) is 5.46. The van der Waals surface area contributed by atoms with E-state index in [1.165, 1.54) is 17.5 Å². The number of sulfonamides is 1. The molecular formula is C21H20FNO3S. The molecule has 0 atom stereocenters. The summed E-state index contributed by atoms with van der Waals surface area (Å²) in [5, 5.41) is 0. The van der Waals surface area contributed by atoms with Gasteiger partial charge in [-0.05, 0) is 37.3 Å². The maximum atomic E-state index is 14.2. The largest absolute Gasteiger partial charge is 0.497 e. The lowest BCUT2D eigenvalue weighted by Crippen LogP contribution is -2.31. The summed E-state index contributed by atoms with van der Waals surface area (Å²) < 4.78 is 47.3. The first-order valence-electron chi connectivity index (χ1n) is 8.38. The molecule has 0 bridgehead atoms. The van der Waals surface area contributed by atoms with E-state index in [-0.39, 0.29) is 17.0 Å². The second-order valence-corrected chi connectivity index (χ2v) is 7.98. The van der Waals surface area contributed by atoms with Gasteiger partial charge in [0.05, 0.1) is 24.2 Å². The number of ether oxygens (including phenoxy) is 1. The van der Waals surface area contributed by atoms with Gasteiger partial charge in [0.1, 0.15) is 11.6 Å². The molecular weight excluding hydrogens is 365 g/mol. The van der Waals surface area contributed by atoms with E-state index in [4.69, 9.17) is 4.74 Å². The van der Waals surface area contributed by atoms with E-state index >= 15 is 0 Å². The molecule has 0 amide bonds. The first-order chi connectivity index (χ1) is 12.9. The van der Waals surface area contributed by atoms with Crippen LogP contribution in [-0.4, -0.2) is 15.5 Å². The van der Waals surface area contributed by atoms with Crippen LogP contribution in [0.25, 0.3) is 0 Å². The standard InChI is InChI=1S/C21H20FNO3S/c1-16-10-12-20(13-11-16)27(24,25)23(15-17-6-3-4-9-21(17)22)18-7-5-8-19(14-18)26-2/h3-14H,15H2,1-2H3. The van der Waals surface area contributed by atoms with Crippen LogP contribution in [0.1, 0.15) is 11.1 Å². The molecule has 27 heavy (non-hydrogen) atoms. The number of rotatable bonds is 6. The van der Waals surface area contributed by atoms with Crippen molar-refractivity contribution in [3.05, 3.63) is 89.7 Å². The van der Waals surface area contributed by atoms with Crippen molar-refractivity contribution >= 4 is 15.7 Å². The molecule has 0 heterocycles. The van der Waals surface area contributed by atoms with Crippen molar-refractivity contribution in [1.29, 1.82) is 0 Å².